The summed E-state index contributed by atoms with van der Waals surface area (Å²) in [6, 6.07) is 0. The van der Waals surface area contributed by atoms with E-state index in [1.54, 1.807) is 0 Å². The van der Waals surface area contributed by atoms with Gasteiger partial charge >= 0.3 is 45.9 Å². The Balaban J connectivity index is -0.000000844. The molecule has 158 valence electrons. The zero-order valence-corrected chi connectivity index (χ0v) is 17.4. The summed E-state index contributed by atoms with van der Waals surface area (Å²) < 4.78 is 36.7. The Labute approximate surface area is 188 Å². The van der Waals surface area contributed by atoms with E-state index < -0.39 is 10.4 Å². The van der Waals surface area contributed by atoms with E-state index in [1.807, 2.05) is 0 Å². The molecule has 0 spiro atoms. The van der Waals surface area contributed by atoms with Crippen LogP contribution in [0.5, 0.6) is 0 Å². The SMILES string of the molecule is C=C(CCCCCCCCCCCC)C(=O)OCCCC.O=S(=O)(O)O.[NaH]. The van der Waals surface area contributed by atoms with Crippen LogP contribution in [0.15, 0.2) is 12.2 Å². The fourth-order valence-electron chi connectivity index (χ4n) is 2.34. The van der Waals surface area contributed by atoms with E-state index in [2.05, 4.69) is 20.4 Å². The van der Waals surface area contributed by atoms with Crippen molar-refractivity contribution in [3.8, 4) is 0 Å². The third-order valence-corrected chi connectivity index (χ3v) is 3.85. The Morgan fingerprint density at radius 2 is 1.19 bits per heavy atom. The summed E-state index contributed by atoms with van der Waals surface area (Å²) in [5, 5.41) is 0. The molecule has 0 aliphatic heterocycles. The predicted octanol–water partition coefficient (Wildman–Crippen LogP) is 4.90. The zero-order chi connectivity index (χ0) is 20.3. The number of ether oxygens (including phenoxy) is 1. The van der Waals surface area contributed by atoms with E-state index >= 15 is 0 Å². The fraction of sp³-hybridized carbons (Fsp3) is 0.842. The van der Waals surface area contributed by atoms with Crippen molar-refractivity contribution < 1.29 is 27.1 Å². The van der Waals surface area contributed by atoms with E-state index in [0.29, 0.717) is 12.2 Å². The zero-order valence-electron chi connectivity index (χ0n) is 16.5. The van der Waals surface area contributed by atoms with Gasteiger partial charge in [-0.25, -0.2) is 4.79 Å². The van der Waals surface area contributed by atoms with Crippen LogP contribution < -0.4 is 0 Å². The van der Waals surface area contributed by atoms with Crippen LogP contribution in [-0.2, 0) is 19.9 Å². The van der Waals surface area contributed by atoms with Crippen LogP contribution in [0.1, 0.15) is 97.3 Å². The predicted molar refractivity (Wildman–Crippen MR) is 113 cm³/mol. The molecule has 0 saturated heterocycles. The van der Waals surface area contributed by atoms with E-state index in [-0.39, 0.29) is 35.5 Å². The molecule has 0 bridgehead atoms. The second-order valence-electron chi connectivity index (χ2n) is 6.47. The molecular weight excluding hydrogens is 379 g/mol. The van der Waals surface area contributed by atoms with Gasteiger partial charge in [0, 0.05) is 5.57 Å². The average Bonchev–Trinajstić information content (AvgIpc) is 2.55. The van der Waals surface area contributed by atoms with Crippen LogP contribution in [-0.4, -0.2) is 59.7 Å². The van der Waals surface area contributed by atoms with Gasteiger partial charge in [0.15, 0.2) is 0 Å². The molecule has 0 amide bonds. The summed E-state index contributed by atoms with van der Waals surface area (Å²) in [5.74, 6) is -0.195. The molecule has 0 aromatic heterocycles. The van der Waals surface area contributed by atoms with Crippen LogP contribution in [0.4, 0.5) is 0 Å². The maximum absolute atomic E-state index is 11.6. The summed E-state index contributed by atoms with van der Waals surface area (Å²) in [6.45, 7) is 8.72. The van der Waals surface area contributed by atoms with Gasteiger partial charge < -0.3 is 4.74 Å². The number of carbonyl (C=O) groups is 1. The topological polar surface area (TPSA) is 101 Å². The van der Waals surface area contributed by atoms with E-state index in [0.717, 1.165) is 25.7 Å². The number of esters is 1. The van der Waals surface area contributed by atoms with E-state index in [4.69, 9.17) is 22.3 Å². The standard InChI is InChI=1S/C19H36O2.Na.H2O4S.H/c1-4-6-8-9-10-11-12-13-14-15-16-18(3)19(20)21-17-7-5-2;;1-5(2,3)4;/h3-17H2,1-2H3;;(H2,1,2,3,4);. The van der Waals surface area contributed by atoms with Crippen LogP contribution in [0, 0.1) is 0 Å². The molecule has 0 heterocycles. The van der Waals surface area contributed by atoms with Crippen molar-refractivity contribution in [3.05, 3.63) is 12.2 Å². The second-order valence-corrected chi connectivity index (χ2v) is 7.37. The van der Waals surface area contributed by atoms with Crippen LogP contribution in [0.25, 0.3) is 0 Å². The molecule has 0 aromatic rings. The van der Waals surface area contributed by atoms with Gasteiger partial charge in [0.05, 0.1) is 6.61 Å². The summed E-state index contributed by atoms with van der Waals surface area (Å²) >= 11 is 0. The molecular formula is C19H39NaO6S. The molecule has 0 atom stereocenters. The first kappa shape index (κ1) is 31.8. The normalized spacial score (nSPS) is 10.4. The van der Waals surface area contributed by atoms with Crippen molar-refractivity contribution in [2.75, 3.05) is 6.61 Å². The molecule has 0 aliphatic carbocycles. The van der Waals surface area contributed by atoms with Crippen molar-refractivity contribution in [1.29, 1.82) is 0 Å². The van der Waals surface area contributed by atoms with Crippen molar-refractivity contribution >= 4 is 45.9 Å². The first-order valence-corrected chi connectivity index (χ1v) is 11.2. The average molecular weight is 419 g/mol. The van der Waals surface area contributed by atoms with E-state index in [9.17, 15) is 4.79 Å². The molecule has 0 saturated carbocycles. The van der Waals surface area contributed by atoms with E-state index in [1.165, 1.54) is 57.8 Å². The second kappa shape index (κ2) is 22.4. The Morgan fingerprint density at radius 1 is 0.815 bits per heavy atom. The Morgan fingerprint density at radius 3 is 1.59 bits per heavy atom. The first-order chi connectivity index (χ1) is 12.2. The summed E-state index contributed by atoms with van der Waals surface area (Å²) in [7, 11) is -4.67. The molecule has 0 fully saturated rings. The Hall–Kier alpha value is 0.0800. The summed E-state index contributed by atoms with van der Waals surface area (Å²) in [5.41, 5.74) is 0.644. The molecule has 0 rings (SSSR count). The molecule has 0 radical (unpaired) electrons. The molecule has 8 heteroatoms. The molecule has 6 nitrogen and oxygen atoms in total. The summed E-state index contributed by atoms with van der Waals surface area (Å²) in [6.07, 6.45) is 15.9. The van der Waals surface area contributed by atoms with Crippen molar-refractivity contribution in [3.63, 3.8) is 0 Å². The quantitative estimate of drug-likeness (QED) is 0.129. The third-order valence-electron chi connectivity index (χ3n) is 3.85. The van der Waals surface area contributed by atoms with Crippen molar-refractivity contribution in [2.24, 2.45) is 0 Å². The Kier molecular flexibility index (Phi) is 26.3. The van der Waals surface area contributed by atoms with Gasteiger partial charge in [-0.2, -0.15) is 8.42 Å². The van der Waals surface area contributed by atoms with Gasteiger partial charge in [0.2, 0.25) is 0 Å². The van der Waals surface area contributed by atoms with Crippen LogP contribution in [0.2, 0.25) is 0 Å². The van der Waals surface area contributed by atoms with Gasteiger partial charge in [-0.05, 0) is 19.3 Å². The Bertz CT molecular complexity index is 443. The molecule has 27 heavy (non-hydrogen) atoms. The van der Waals surface area contributed by atoms with Gasteiger partial charge in [0.1, 0.15) is 0 Å². The monoisotopic (exact) mass is 418 g/mol. The fourth-order valence-corrected chi connectivity index (χ4v) is 2.34. The number of rotatable bonds is 15. The van der Waals surface area contributed by atoms with Crippen LogP contribution in [0.3, 0.4) is 0 Å². The van der Waals surface area contributed by atoms with Crippen molar-refractivity contribution in [1.82, 2.24) is 0 Å². The molecule has 2 N–H and O–H groups in total. The van der Waals surface area contributed by atoms with Crippen LogP contribution >= 0.6 is 0 Å². The van der Waals surface area contributed by atoms with Gasteiger partial charge in [-0.15, -0.1) is 0 Å². The number of carbonyl (C=O) groups excluding carboxylic acids is 1. The van der Waals surface area contributed by atoms with Gasteiger partial charge in [-0.1, -0.05) is 84.6 Å². The molecule has 0 aliphatic rings. The number of hydrogen-bond acceptors (Lipinski definition) is 4. The van der Waals surface area contributed by atoms with Crippen molar-refractivity contribution in [2.45, 2.75) is 97.3 Å². The first-order valence-electron chi connectivity index (χ1n) is 9.77. The van der Waals surface area contributed by atoms with Gasteiger partial charge in [-0.3, -0.25) is 9.11 Å². The van der Waals surface area contributed by atoms with Gasteiger partial charge in [0.25, 0.3) is 0 Å². The number of unbranched alkanes of at least 4 members (excludes halogenated alkanes) is 10. The molecule has 0 aromatic carbocycles. The number of hydrogen-bond donors (Lipinski definition) is 2. The maximum atomic E-state index is 11.6. The third kappa shape index (κ3) is 34.0. The molecule has 0 unspecified atom stereocenters. The minimum atomic E-state index is -4.67. The minimum absolute atomic E-state index is 0. The summed E-state index contributed by atoms with van der Waals surface area (Å²) in [4.78, 5) is 11.6.